The van der Waals surface area contributed by atoms with E-state index in [9.17, 15) is 4.79 Å². The first-order valence-corrected chi connectivity index (χ1v) is 4.70. The lowest BCUT2D eigenvalue weighted by molar-refractivity contribution is -0.141. The van der Waals surface area contributed by atoms with Gasteiger partial charge in [-0.05, 0) is 19.9 Å². The second-order valence-corrected chi connectivity index (χ2v) is 3.92. The van der Waals surface area contributed by atoms with Crippen LogP contribution in [-0.2, 0) is 4.79 Å². The van der Waals surface area contributed by atoms with Crippen LogP contribution < -0.4 is 5.32 Å². The van der Waals surface area contributed by atoms with Crippen LogP contribution in [0.3, 0.4) is 0 Å². The van der Waals surface area contributed by atoms with E-state index in [4.69, 9.17) is 9.52 Å². The fraction of sp³-hybridized carbons (Fsp3) is 0.300. The van der Waals surface area contributed by atoms with Crippen molar-refractivity contribution in [1.82, 2.24) is 9.97 Å². The normalized spacial score (nSPS) is 11.6. The molecule has 2 N–H and O–H groups in total. The summed E-state index contributed by atoms with van der Waals surface area (Å²) in [6.45, 7) is 3.14. The molecule has 0 atom stereocenters. The quantitative estimate of drug-likeness (QED) is 0.816. The molecule has 0 spiro atoms. The highest BCUT2D eigenvalue weighted by Gasteiger charge is 2.27. The third-order valence-electron chi connectivity index (χ3n) is 2.22. The minimum atomic E-state index is -1.08. The first kappa shape index (κ1) is 10.4. The van der Waals surface area contributed by atoms with Gasteiger partial charge in [0.2, 0.25) is 5.71 Å². The second-order valence-electron chi connectivity index (χ2n) is 3.92. The summed E-state index contributed by atoms with van der Waals surface area (Å²) in [7, 11) is 0. The lowest BCUT2D eigenvalue weighted by Crippen LogP contribution is -2.40. The van der Waals surface area contributed by atoms with Gasteiger partial charge in [-0.15, -0.1) is 0 Å². The number of hydrogen-bond acceptors (Lipinski definition) is 5. The lowest BCUT2D eigenvalue weighted by atomic mass is 10.1. The van der Waals surface area contributed by atoms with Crippen LogP contribution in [0, 0.1) is 0 Å². The molecule has 2 rings (SSSR count). The number of aromatic nitrogens is 2. The molecule has 0 saturated heterocycles. The van der Waals surface area contributed by atoms with Crippen molar-refractivity contribution < 1.29 is 14.3 Å². The number of carboxylic acids is 1. The Kier molecular flexibility index (Phi) is 2.26. The van der Waals surface area contributed by atoms with E-state index in [1.54, 1.807) is 19.9 Å². The lowest BCUT2D eigenvalue weighted by Gasteiger charge is -2.22. The maximum Gasteiger partial charge on any atom is 0.328 e. The molecule has 6 heteroatoms. The van der Waals surface area contributed by atoms with Gasteiger partial charge in [-0.1, -0.05) is 0 Å². The molecule has 2 aromatic heterocycles. The number of oxazole rings is 1. The van der Waals surface area contributed by atoms with Crippen LogP contribution in [0.5, 0.6) is 0 Å². The molecule has 0 aromatic carbocycles. The molecule has 2 aromatic rings. The third-order valence-corrected chi connectivity index (χ3v) is 2.22. The molecule has 0 saturated carbocycles. The molecular weight excluding hydrogens is 210 g/mol. The highest BCUT2D eigenvalue weighted by atomic mass is 16.4. The Morgan fingerprint density at radius 3 is 2.94 bits per heavy atom. The summed E-state index contributed by atoms with van der Waals surface area (Å²) in [5, 5.41) is 11.9. The summed E-state index contributed by atoms with van der Waals surface area (Å²) in [4.78, 5) is 18.9. The summed E-state index contributed by atoms with van der Waals surface area (Å²) in [6, 6.07) is 1.66. The van der Waals surface area contributed by atoms with E-state index in [1.165, 1.54) is 12.6 Å². The average molecular weight is 221 g/mol. The number of rotatable bonds is 3. The van der Waals surface area contributed by atoms with E-state index in [0.29, 0.717) is 16.9 Å². The van der Waals surface area contributed by atoms with Gasteiger partial charge in [0.25, 0.3) is 0 Å². The fourth-order valence-electron chi connectivity index (χ4n) is 1.27. The van der Waals surface area contributed by atoms with Gasteiger partial charge in [-0.3, -0.25) is 0 Å². The van der Waals surface area contributed by atoms with E-state index >= 15 is 0 Å². The van der Waals surface area contributed by atoms with Crippen molar-refractivity contribution in [2.24, 2.45) is 0 Å². The number of aliphatic carboxylic acids is 1. The number of pyridine rings is 1. The van der Waals surface area contributed by atoms with Gasteiger partial charge < -0.3 is 14.8 Å². The van der Waals surface area contributed by atoms with Gasteiger partial charge in [0, 0.05) is 6.20 Å². The predicted octanol–water partition coefficient (Wildman–Crippen LogP) is 1.50. The average Bonchev–Trinajstić information content (AvgIpc) is 2.65. The van der Waals surface area contributed by atoms with Crippen LogP contribution in [0.4, 0.5) is 5.69 Å². The van der Waals surface area contributed by atoms with E-state index in [1.807, 2.05) is 0 Å². The van der Waals surface area contributed by atoms with Gasteiger partial charge in [-0.2, -0.15) is 0 Å². The molecular formula is C10H11N3O3. The van der Waals surface area contributed by atoms with E-state index in [2.05, 4.69) is 15.3 Å². The number of nitrogens with zero attached hydrogens (tertiary/aromatic N) is 2. The first-order valence-electron chi connectivity index (χ1n) is 4.70. The van der Waals surface area contributed by atoms with E-state index in [-0.39, 0.29) is 0 Å². The third kappa shape index (κ3) is 1.69. The molecule has 0 amide bonds. The fourth-order valence-corrected chi connectivity index (χ4v) is 1.27. The number of carboxylic acid groups (broad SMARTS) is 1. The summed E-state index contributed by atoms with van der Waals surface area (Å²) < 4.78 is 5.02. The van der Waals surface area contributed by atoms with Crippen molar-refractivity contribution >= 4 is 22.9 Å². The van der Waals surface area contributed by atoms with Gasteiger partial charge in [0.1, 0.15) is 5.54 Å². The number of hydrogen-bond donors (Lipinski definition) is 2. The molecule has 0 radical (unpaired) electrons. The Hall–Kier alpha value is -2.11. The monoisotopic (exact) mass is 221 g/mol. The molecule has 0 unspecified atom stereocenters. The van der Waals surface area contributed by atoms with Gasteiger partial charge in [-0.25, -0.2) is 14.8 Å². The van der Waals surface area contributed by atoms with Gasteiger partial charge in [0.15, 0.2) is 11.9 Å². The zero-order valence-electron chi connectivity index (χ0n) is 8.89. The Labute approximate surface area is 91.3 Å². The molecule has 0 aliphatic rings. The van der Waals surface area contributed by atoms with Crippen LogP contribution >= 0.6 is 0 Å². The molecule has 6 nitrogen and oxygen atoms in total. The van der Waals surface area contributed by atoms with E-state index in [0.717, 1.165) is 0 Å². The molecule has 16 heavy (non-hydrogen) atoms. The summed E-state index contributed by atoms with van der Waals surface area (Å²) in [6.07, 6.45) is 2.81. The van der Waals surface area contributed by atoms with Crippen molar-refractivity contribution in [1.29, 1.82) is 0 Å². The Balaban J connectivity index is 2.41. The van der Waals surface area contributed by atoms with Crippen LogP contribution in [0.1, 0.15) is 13.8 Å². The Morgan fingerprint density at radius 1 is 1.50 bits per heavy atom. The van der Waals surface area contributed by atoms with Crippen LogP contribution in [0.25, 0.3) is 11.2 Å². The van der Waals surface area contributed by atoms with Crippen molar-refractivity contribution in [3.05, 3.63) is 18.7 Å². The van der Waals surface area contributed by atoms with Crippen LogP contribution in [-0.4, -0.2) is 26.6 Å². The SMILES string of the molecule is CC(C)(Nc1ccnc2ocnc12)C(=O)O. The molecule has 2 heterocycles. The highest BCUT2D eigenvalue weighted by molar-refractivity contribution is 5.88. The largest absolute Gasteiger partial charge is 0.480 e. The topological polar surface area (TPSA) is 88.3 Å². The van der Waals surface area contributed by atoms with E-state index < -0.39 is 11.5 Å². The zero-order valence-corrected chi connectivity index (χ0v) is 8.89. The second kappa shape index (κ2) is 3.48. The zero-order chi connectivity index (χ0) is 11.8. The minimum absolute atomic E-state index is 0.381. The standard InChI is InChI=1S/C10H11N3O3/c1-10(2,9(14)15)13-6-3-4-11-8-7(6)12-5-16-8/h3-5H,1-2H3,(H,11,13)(H,14,15). The summed E-state index contributed by atoms with van der Waals surface area (Å²) in [5.74, 6) is -0.944. The van der Waals surface area contributed by atoms with Crippen LogP contribution in [0.2, 0.25) is 0 Å². The van der Waals surface area contributed by atoms with Crippen molar-refractivity contribution in [2.45, 2.75) is 19.4 Å². The van der Waals surface area contributed by atoms with Crippen molar-refractivity contribution in [3.8, 4) is 0 Å². The molecule has 84 valence electrons. The molecule has 0 aliphatic carbocycles. The van der Waals surface area contributed by atoms with Crippen molar-refractivity contribution in [2.75, 3.05) is 5.32 Å². The Bertz CT molecular complexity index is 533. The number of carbonyl (C=O) groups is 1. The maximum absolute atomic E-state index is 11.0. The molecule has 0 bridgehead atoms. The first-order chi connectivity index (χ1) is 7.50. The number of nitrogens with one attached hydrogen (secondary N) is 1. The molecule has 0 aliphatic heterocycles. The number of anilines is 1. The molecule has 0 fully saturated rings. The Morgan fingerprint density at radius 2 is 2.25 bits per heavy atom. The summed E-state index contributed by atoms with van der Waals surface area (Å²) >= 11 is 0. The van der Waals surface area contributed by atoms with Crippen LogP contribution in [0.15, 0.2) is 23.1 Å². The van der Waals surface area contributed by atoms with Gasteiger partial charge >= 0.3 is 5.97 Å². The number of fused-ring (bicyclic) bond motifs is 1. The highest BCUT2D eigenvalue weighted by Crippen LogP contribution is 2.22. The summed E-state index contributed by atoms with van der Waals surface area (Å²) in [5.41, 5.74) is 0.418. The minimum Gasteiger partial charge on any atom is -0.480 e. The van der Waals surface area contributed by atoms with Gasteiger partial charge in [0.05, 0.1) is 5.69 Å². The smallest absolute Gasteiger partial charge is 0.328 e. The predicted molar refractivity (Wildman–Crippen MR) is 57.1 cm³/mol. The maximum atomic E-state index is 11.0. The van der Waals surface area contributed by atoms with Crippen molar-refractivity contribution in [3.63, 3.8) is 0 Å².